The molecule has 4 aromatic rings. The molecule has 0 amide bonds. The molecule has 0 atom stereocenters. The summed E-state index contributed by atoms with van der Waals surface area (Å²) in [5.41, 5.74) is 0.841. The van der Waals surface area contributed by atoms with Gasteiger partial charge in [0.2, 0.25) is 0 Å². The van der Waals surface area contributed by atoms with Gasteiger partial charge in [-0.3, -0.25) is 4.98 Å². The van der Waals surface area contributed by atoms with Gasteiger partial charge in [-0.05, 0) is 6.07 Å². The van der Waals surface area contributed by atoms with E-state index in [-0.39, 0.29) is 5.56 Å². The van der Waals surface area contributed by atoms with Crippen LogP contribution in [0.5, 0.6) is 0 Å². The van der Waals surface area contributed by atoms with Crippen molar-refractivity contribution in [2.45, 2.75) is 6.54 Å². The third-order valence-electron chi connectivity index (χ3n) is 3.43. The van der Waals surface area contributed by atoms with E-state index in [1.54, 1.807) is 23.4 Å². The first-order valence-corrected chi connectivity index (χ1v) is 7.25. The van der Waals surface area contributed by atoms with Crippen LogP contribution in [-0.2, 0) is 6.54 Å². The second-order valence-corrected chi connectivity index (χ2v) is 5.73. The van der Waals surface area contributed by atoms with Crippen LogP contribution in [0.4, 0.5) is 0 Å². The van der Waals surface area contributed by atoms with Crippen molar-refractivity contribution in [1.29, 1.82) is 0 Å². The summed E-state index contributed by atoms with van der Waals surface area (Å²) in [6.45, 7) is 0.321. The zero-order valence-electron chi connectivity index (χ0n) is 11.2. The lowest BCUT2D eigenvalue weighted by Gasteiger charge is -2.08. The van der Waals surface area contributed by atoms with E-state index < -0.39 is 5.97 Å². The number of aromatic nitrogens is 5. The fourth-order valence-electron chi connectivity index (χ4n) is 2.47. The van der Waals surface area contributed by atoms with Crippen molar-refractivity contribution in [1.82, 2.24) is 24.7 Å². The molecular weight excluding hydrogens is 302 g/mol. The molecule has 0 saturated carbocycles. The highest BCUT2D eigenvalue weighted by molar-refractivity contribution is 7.25. The number of thiophene rings is 1. The summed E-state index contributed by atoms with van der Waals surface area (Å²) in [6, 6.07) is 1.90. The van der Waals surface area contributed by atoms with E-state index in [1.165, 1.54) is 23.9 Å². The fraction of sp³-hybridized carbons (Fsp3) is 0.0714. The number of rotatable bonds is 3. The van der Waals surface area contributed by atoms with Crippen LogP contribution >= 0.6 is 11.3 Å². The molecule has 4 aromatic heterocycles. The summed E-state index contributed by atoms with van der Waals surface area (Å²) >= 11 is 1.52. The second-order valence-electron chi connectivity index (χ2n) is 4.70. The van der Waals surface area contributed by atoms with Crippen molar-refractivity contribution in [3.05, 3.63) is 48.4 Å². The standard InChI is InChI=1S/C14H9N5O2S/c20-14(21)8-4-17-13-12(9-3-15-2-1-11(9)22-13)10(8)5-19-7-16-6-18-19/h1-4,6-7H,5H2,(H,20,21). The Morgan fingerprint density at radius 3 is 3.00 bits per heavy atom. The summed E-state index contributed by atoms with van der Waals surface area (Å²) in [4.78, 5) is 24.7. The Hall–Kier alpha value is -2.87. The second kappa shape index (κ2) is 4.85. The lowest BCUT2D eigenvalue weighted by atomic mass is 10.0. The van der Waals surface area contributed by atoms with Gasteiger partial charge in [0, 0.05) is 39.6 Å². The van der Waals surface area contributed by atoms with Crippen LogP contribution in [0, 0.1) is 0 Å². The molecular formula is C14H9N5O2S. The molecule has 0 aliphatic carbocycles. The Kier molecular flexibility index (Phi) is 2.83. The van der Waals surface area contributed by atoms with Gasteiger partial charge >= 0.3 is 5.97 Å². The highest BCUT2D eigenvalue weighted by Gasteiger charge is 2.19. The van der Waals surface area contributed by atoms with Crippen molar-refractivity contribution in [2.24, 2.45) is 0 Å². The van der Waals surface area contributed by atoms with Crippen molar-refractivity contribution < 1.29 is 9.90 Å². The Bertz CT molecular complexity index is 993. The molecule has 7 nitrogen and oxygen atoms in total. The molecule has 0 aliphatic heterocycles. The quantitative estimate of drug-likeness (QED) is 0.623. The first-order valence-electron chi connectivity index (χ1n) is 6.44. The van der Waals surface area contributed by atoms with Crippen molar-refractivity contribution >= 4 is 37.6 Å². The van der Waals surface area contributed by atoms with Crippen LogP contribution < -0.4 is 0 Å². The number of nitrogens with zero attached hydrogens (tertiary/aromatic N) is 5. The van der Waals surface area contributed by atoms with E-state index in [0.29, 0.717) is 12.1 Å². The minimum Gasteiger partial charge on any atom is -0.478 e. The topological polar surface area (TPSA) is 93.8 Å². The van der Waals surface area contributed by atoms with E-state index in [9.17, 15) is 9.90 Å². The lowest BCUT2D eigenvalue weighted by Crippen LogP contribution is -2.09. The normalized spacial score (nSPS) is 11.3. The zero-order chi connectivity index (χ0) is 15.1. The molecule has 0 saturated heterocycles. The average molecular weight is 311 g/mol. The molecule has 0 fully saturated rings. The van der Waals surface area contributed by atoms with E-state index in [1.807, 2.05) is 6.07 Å². The van der Waals surface area contributed by atoms with Crippen LogP contribution in [0.1, 0.15) is 15.9 Å². The molecule has 22 heavy (non-hydrogen) atoms. The maximum Gasteiger partial charge on any atom is 0.337 e. The lowest BCUT2D eigenvalue weighted by molar-refractivity contribution is 0.0695. The van der Waals surface area contributed by atoms with Crippen LogP contribution in [0.25, 0.3) is 20.3 Å². The first kappa shape index (κ1) is 12.8. The molecule has 108 valence electrons. The van der Waals surface area contributed by atoms with Gasteiger partial charge < -0.3 is 5.11 Å². The SMILES string of the molecule is O=C(O)c1cnc2sc3ccncc3c2c1Cn1cncn1. The Morgan fingerprint density at radius 2 is 2.23 bits per heavy atom. The van der Waals surface area contributed by atoms with Gasteiger partial charge in [-0.15, -0.1) is 11.3 Å². The van der Waals surface area contributed by atoms with E-state index in [4.69, 9.17) is 0 Å². The number of pyridine rings is 2. The van der Waals surface area contributed by atoms with Gasteiger partial charge in [0.1, 0.15) is 17.5 Å². The first-order chi connectivity index (χ1) is 10.7. The summed E-state index contributed by atoms with van der Waals surface area (Å²) in [6.07, 6.45) is 7.84. The third kappa shape index (κ3) is 1.92. The van der Waals surface area contributed by atoms with E-state index in [0.717, 1.165) is 20.3 Å². The zero-order valence-corrected chi connectivity index (χ0v) is 12.0. The number of carboxylic acids is 1. The molecule has 4 rings (SSSR count). The van der Waals surface area contributed by atoms with Gasteiger partial charge in [-0.25, -0.2) is 19.4 Å². The average Bonchev–Trinajstić information content (AvgIpc) is 3.13. The van der Waals surface area contributed by atoms with Crippen molar-refractivity contribution in [3.63, 3.8) is 0 Å². The predicted molar refractivity (Wildman–Crippen MR) is 81.0 cm³/mol. The molecule has 4 heterocycles. The smallest absolute Gasteiger partial charge is 0.337 e. The van der Waals surface area contributed by atoms with Crippen LogP contribution in [-0.4, -0.2) is 35.8 Å². The van der Waals surface area contributed by atoms with Gasteiger partial charge in [-0.2, -0.15) is 5.10 Å². The van der Waals surface area contributed by atoms with Gasteiger partial charge in [0.25, 0.3) is 0 Å². The van der Waals surface area contributed by atoms with Crippen LogP contribution in [0.2, 0.25) is 0 Å². The summed E-state index contributed by atoms with van der Waals surface area (Å²) in [5.74, 6) is -1.01. The number of carboxylic acid groups (broad SMARTS) is 1. The number of aromatic carboxylic acids is 1. The molecule has 0 aliphatic rings. The summed E-state index contributed by atoms with van der Waals surface area (Å²) < 4.78 is 2.63. The van der Waals surface area contributed by atoms with Crippen molar-refractivity contribution in [2.75, 3.05) is 0 Å². The number of hydrogen-bond donors (Lipinski definition) is 1. The van der Waals surface area contributed by atoms with E-state index in [2.05, 4.69) is 20.1 Å². The Morgan fingerprint density at radius 1 is 1.32 bits per heavy atom. The van der Waals surface area contributed by atoms with Crippen LogP contribution in [0.15, 0.2) is 37.3 Å². The highest BCUT2D eigenvalue weighted by atomic mass is 32.1. The summed E-state index contributed by atoms with van der Waals surface area (Å²) in [7, 11) is 0. The predicted octanol–water partition coefficient (Wildman–Crippen LogP) is 2.18. The summed E-state index contributed by atoms with van der Waals surface area (Å²) in [5, 5.41) is 15.3. The fourth-order valence-corrected chi connectivity index (χ4v) is 3.51. The maximum atomic E-state index is 11.6. The number of hydrogen-bond acceptors (Lipinski definition) is 6. The van der Waals surface area contributed by atoms with Gasteiger partial charge in [-0.1, -0.05) is 0 Å². The minimum absolute atomic E-state index is 0.173. The molecule has 0 aromatic carbocycles. The number of carbonyl (C=O) groups is 1. The molecule has 0 spiro atoms. The number of fused-ring (bicyclic) bond motifs is 3. The van der Waals surface area contributed by atoms with Gasteiger partial charge in [0.15, 0.2) is 0 Å². The molecule has 0 unspecified atom stereocenters. The molecule has 1 N–H and O–H groups in total. The maximum absolute atomic E-state index is 11.6. The van der Waals surface area contributed by atoms with Gasteiger partial charge in [0.05, 0.1) is 12.1 Å². The minimum atomic E-state index is -1.01. The Labute approximate surface area is 127 Å². The molecule has 8 heteroatoms. The molecule has 0 radical (unpaired) electrons. The molecule has 0 bridgehead atoms. The van der Waals surface area contributed by atoms with E-state index >= 15 is 0 Å². The largest absolute Gasteiger partial charge is 0.478 e. The monoisotopic (exact) mass is 311 g/mol. The van der Waals surface area contributed by atoms with Crippen LogP contribution in [0.3, 0.4) is 0 Å². The highest BCUT2D eigenvalue weighted by Crippen LogP contribution is 2.35. The Balaban J connectivity index is 2.07. The third-order valence-corrected chi connectivity index (χ3v) is 4.50. The van der Waals surface area contributed by atoms with Crippen molar-refractivity contribution in [3.8, 4) is 0 Å².